The van der Waals surface area contributed by atoms with E-state index in [-0.39, 0.29) is 11.6 Å². The number of esters is 1. The summed E-state index contributed by atoms with van der Waals surface area (Å²) in [7, 11) is 1.31. The lowest BCUT2D eigenvalue weighted by Gasteiger charge is -2.06. The van der Waals surface area contributed by atoms with Crippen molar-refractivity contribution >= 4 is 24.0 Å². The van der Waals surface area contributed by atoms with Crippen LogP contribution in [0.1, 0.15) is 22.8 Å². The number of rotatable bonds is 3. The monoisotopic (exact) mass is 274 g/mol. The third-order valence-electron chi connectivity index (χ3n) is 2.92. The molecular weight excluding hydrogens is 260 g/mol. The smallest absolute Gasteiger partial charge is 0.337 e. The average Bonchev–Trinajstić information content (AvgIpc) is 2.73. The van der Waals surface area contributed by atoms with Gasteiger partial charge in [-0.1, -0.05) is 12.1 Å². The molecule has 0 atom stereocenters. The first-order chi connectivity index (χ1) is 9.56. The quantitative estimate of drug-likeness (QED) is 0.513. The summed E-state index contributed by atoms with van der Waals surface area (Å²) >= 11 is 0. The highest BCUT2D eigenvalue weighted by Gasteiger charge is 2.31. The van der Waals surface area contributed by atoms with E-state index in [9.17, 15) is 14.4 Å². The van der Waals surface area contributed by atoms with Gasteiger partial charge >= 0.3 is 12.0 Å². The fourth-order valence-electron chi connectivity index (χ4n) is 1.86. The minimum absolute atomic E-state index is 0.225. The highest BCUT2D eigenvalue weighted by Crippen LogP contribution is 2.14. The number of hydrogen-bond donors (Lipinski definition) is 1. The van der Waals surface area contributed by atoms with Crippen molar-refractivity contribution in [2.45, 2.75) is 6.92 Å². The number of nitrogens with one attached hydrogen (secondary N) is 1. The number of amides is 3. The van der Waals surface area contributed by atoms with Gasteiger partial charge in [-0.05, 0) is 30.7 Å². The second-order valence-electron chi connectivity index (χ2n) is 4.15. The Labute approximate surface area is 116 Å². The van der Waals surface area contributed by atoms with Crippen LogP contribution < -0.4 is 5.32 Å². The standard InChI is InChI=1S/C14H14N2O4/c1-3-16-12(17)11(15-14(16)19)8-9-4-6-10(7-5-9)13(18)20-2/h4-8H,3H2,1-2H3,(H,15,19)/b11-8+. The number of imide groups is 1. The predicted octanol–water partition coefficient (Wildman–Crippen LogP) is 1.39. The average molecular weight is 274 g/mol. The van der Waals surface area contributed by atoms with Crippen molar-refractivity contribution in [1.82, 2.24) is 10.2 Å². The number of carbonyl (C=O) groups excluding carboxylic acids is 3. The van der Waals surface area contributed by atoms with Gasteiger partial charge in [0.05, 0.1) is 12.7 Å². The van der Waals surface area contributed by atoms with E-state index in [1.165, 1.54) is 7.11 Å². The highest BCUT2D eigenvalue weighted by molar-refractivity contribution is 6.13. The molecule has 1 aromatic rings. The summed E-state index contributed by atoms with van der Waals surface area (Å²) in [5.74, 6) is -0.777. The van der Waals surface area contributed by atoms with Gasteiger partial charge in [0.25, 0.3) is 5.91 Å². The number of carbonyl (C=O) groups is 3. The Bertz CT molecular complexity index is 590. The van der Waals surface area contributed by atoms with Crippen molar-refractivity contribution in [3.63, 3.8) is 0 Å². The Balaban J connectivity index is 2.22. The van der Waals surface area contributed by atoms with Crippen LogP contribution in [0.4, 0.5) is 4.79 Å². The zero-order chi connectivity index (χ0) is 14.7. The molecule has 104 valence electrons. The lowest BCUT2D eigenvalue weighted by molar-refractivity contribution is -0.122. The largest absolute Gasteiger partial charge is 0.465 e. The third kappa shape index (κ3) is 2.54. The van der Waals surface area contributed by atoms with Gasteiger partial charge in [0.15, 0.2) is 0 Å². The Hall–Kier alpha value is -2.63. The molecule has 2 rings (SSSR count). The molecule has 1 saturated heterocycles. The van der Waals surface area contributed by atoms with Crippen LogP contribution in [-0.4, -0.2) is 36.5 Å². The maximum Gasteiger partial charge on any atom is 0.337 e. The van der Waals surface area contributed by atoms with Gasteiger partial charge in [0, 0.05) is 6.54 Å². The van der Waals surface area contributed by atoms with Crippen molar-refractivity contribution in [3.8, 4) is 0 Å². The van der Waals surface area contributed by atoms with Crippen LogP contribution in [-0.2, 0) is 9.53 Å². The summed E-state index contributed by atoms with van der Waals surface area (Å²) in [6, 6.07) is 6.12. The minimum atomic E-state index is -0.424. The van der Waals surface area contributed by atoms with Crippen LogP contribution in [0.2, 0.25) is 0 Å². The van der Waals surface area contributed by atoms with Crippen molar-refractivity contribution in [2.24, 2.45) is 0 Å². The zero-order valence-electron chi connectivity index (χ0n) is 11.2. The van der Waals surface area contributed by atoms with Gasteiger partial charge in [0.2, 0.25) is 0 Å². The van der Waals surface area contributed by atoms with E-state index in [2.05, 4.69) is 10.1 Å². The second kappa shape index (κ2) is 5.56. The molecule has 1 aliphatic heterocycles. The van der Waals surface area contributed by atoms with E-state index in [0.717, 1.165) is 4.90 Å². The van der Waals surface area contributed by atoms with Crippen LogP contribution in [0.5, 0.6) is 0 Å². The van der Waals surface area contributed by atoms with Crippen LogP contribution in [0.15, 0.2) is 30.0 Å². The normalized spacial score (nSPS) is 16.5. The number of hydrogen-bond acceptors (Lipinski definition) is 4. The number of benzene rings is 1. The van der Waals surface area contributed by atoms with E-state index < -0.39 is 12.0 Å². The van der Waals surface area contributed by atoms with Crippen LogP contribution in [0, 0.1) is 0 Å². The summed E-state index contributed by atoms with van der Waals surface area (Å²) in [4.78, 5) is 35.8. The molecule has 0 bridgehead atoms. The fraction of sp³-hybridized carbons (Fsp3) is 0.214. The molecule has 0 aliphatic carbocycles. The molecular formula is C14H14N2O4. The predicted molar refractivity (Wildman–Crippen MR) is 71.7 cm³/mol. The minimum Gasteiger partial charge on any atom is -0.465 e. The summed E-state index contributed by atoms with van der Waals surface area (Å²) < 4.78 is 4.60. The van der Waals surface area contributed by atoms with Gasteiger partial charge in [0.1, 0.15) is 5.70 Å². The molecule has 0 spiro atoms. The fourth-order valence-corrected chi connectivity index (χ4v) is 1.86. The molecule has 0 radical (unpaired) electrons. The summed E-state index contributed by atoms with van der Waals surface area (Å²) in [6.07, 6.45) is 1.57. The molecule has 0 saturated carbocycles. The molecule has 6 heteroatoms. The number of likely N-dealkylation sites (N-methyl/N-ethyl adjacent to an activating group) is 1. The SMILES string of the molecule is CCN1C(=O)N/C(=C/c2ccc(C(=O)OC)cc2)C1=O. The van der Waals surface area contributed by atoms with E-state index in [4.69, 9.17) is 0 Å². The second-order valence-corrected chi connectivity index (χ2v) is 4.15. The van der Waals surface area contributed by atoms with Crippen molar-refractivity contribution < 1.29 is 19.1 Å². The highest BCUT2D eigenvalue weighted by atomic mass is 16.5. The number of ether oxygens (including phenoxy) is 1. The van der Waals surface area contributed by atoms with E-state index in [1.807, 2.05) is 0 Å². The first-order valence-electron chi connectivity index (χ1n) is 6.09. The van der Waals surface area contributed by atoms with Gasteiger partial charge in [-0.2, -0.15) is 0 Å². The number of nitrogens with zero attached hydrogens (tertiary/aromatic N) is 1. The van der Waals surface area contributed by atoms with Crippen molar-refractivity contribution in [3.05, 3.63) is 41.1 Å². The lowest BCUT2D eigenvalue weighted by atomic mass is 10.1. The van der Waals surface area contributed by atoms with Crippen molar-refractivity contribution in [2.75, 3.05) is 13.7 Å². The molecule has 3 amide bonds. The molecule has 1 aromatic carbocycles. The Morgan fingerprint density at radius 2 is 1.95 bits per heavy atom. The molecule has 1 aliphatic rings. The van der Waals surface area contributed by atoms with Gasteiger partial charge in [-0.3, -0.25) is 9.69 Å². The third-order valence-corrected chi connectivity index (χ3v) is 2.92. The van der Waals surface area contributed by atoms with Crippen LogP contribution in [0.25, 0.3) is 6.08 Å². The van der Waals surface area contributed by atoms with Crippen molar-refractivity contribution in [1.29, 1.82) is 0 Å². The molecule has 1 fully saturated rings. The van der Waals surface area contributed by atoms with E-state index in [1.54, 1.807) is 37.3 Å². The summed E-state index contributed by atoms with van der Waals surface area (Å²) in [5.41, 5.74) is 1.36. The topological polar surface area (TPSA) is 75.7 Å². The molecule has 1 N–H and O–H groups in total. The van der Waals surface area contributed by atoms with Gasteiger partial charge in [-0.25, -0.2) is 9.59 Å². The maximum absolute atomic E-state index is 11.9. The van der Waals surface area contributed by atoms with Gasteiger partial charge in [-0.15, -0.1) is 0 Å². The first-order valence-corrected chi connectivity index (χ1v) is 6.09. The first kappa shape index (κ1) is 13.8. The Morgan fingerprint density at radius 3 is 2.45 bits per heavy atom. The summed E-state index contributed by atoms with van der Waals surface area (Å²) in [5, 5.41) is 2.51. The van der Waals surface area contributed by atoms with Crippen LogP contribution in [0.3, 0.4) is 0 Å². The molecule has 6 nitrogen and oxygen atoms in total. The Kier molecular flexibility index (Phi) is 3.84. The van der Waals surface area contributed by atoms with Crippen LogP contribution >= 0.6 is 0 Å². The zero-order valence-corrected chi connectivity index (χ0v) is 11.2. The number of urea groups is 1. The van der Waals surface area contributed by atoms with E-state index >= 15 is 0 Å². The molecule has 0 unspecified atom stereocenters. The number of methoxy groups -OCH3 is 1. The maximum atomic E-state index is 11.9. The molecule has 1 heterocycles. The molecule has 20 heavy (non-hydrogen) atoms. The molecule has 0 aromatic heterocycles. The Morgan fingerprint density at radius 1 is 1.30 bits per heavy atom. The summed E-state index contributed by atoms with van der Waals surface area (Å²) in [6.45, 7) is 2.05. The lowest BCUT2D eigenvalue weighted by Crippen LogP contribution is -2.30. The van der Waals surface area contributed by atoms with E-state index in [0.29, 0.717) is 17.7 Å². The van der Waals surface area contributed by atoms with Gasteiger partial charge < -0.3 is 10.1 Å².